The summed E-state index contributed by atoms with van der Waals surface area (Å²) in [5, 5.41) is 3.41. The van der Waals surface area contributed by atoms with Crippen LogP contribution in [0.15, 0.2) is 24.3 Å². The summed E-state index contributed by atoms with van der Waals surface area (Å²) in [6.07, 6.45) is 4.14. The maximum Gasteiger partial charge on any atom is 0.150 e. The second-order valence-corrected chi connectivity index (χ2v) is 4.16. The maximum atomic E-state index is 10.8. The van der Waals surface area contributed by atoms with Gasteiger partial charge in [-0.1, -0.05) is 18.2 Å². The zero-order chi connectivity index (χ0) is 11.4. The number of nitrogens with one attached hydrogen (secondary N) is 1. The Labute approximate surface area is 108 Å². The zero-order valence-electron chi connectivity index (χ0n) is 9.94. The number of hydrogen-bond acceptors (Lipinski definition) is 3. The summed E-state index contributed by atoms with van der Waals surface area (Å²) >= 11 is 0. The van der Waals surface area contributed by atoms with E-state index in [1.807, 2.05) is 24.3 Å². The quantitative estimate of drug-likeness (QED) is 0.844. The molecular formula is C13H18ClNO2. The Kier molecular flexibility index (Phi) is 5.12. The van der Waals surface area contributed by atoms with Crippen molar-refractivity contribution in [2.45, 2.75) is 25.0 Å². The molecule has 3 nitrogen and oxygen atoms in total. The van der Waals surface area contributed by atoms with Gasteiger partial charge < -0.3 is 4.74 Å². The van der Waals surface area contributed by atoms with Crippen LogP contribution in [0, 0.1) is 0 Å². The first-order chi connectivity index (χ1) is 7.80. The third-order valence-electron chi connectivity index (χ3n) is 3.20. The van der Waals surface area contributed by atoms with Gasteiger partial charge in [0, 0.05) is 12.7 Å². The van der Waals surface area contributed by atoms with Gasteiger partial charge in [0.05, 0.1) is 0 Å². The first-order valence-electron chi connectivity index (χ1n) is 5.67. The molecule has 0 bridgehead atoms. The van der Waals surface area contributed by atoms with Gasteiger partial charge in [0.15, 0.2) is 0 Å². The lowest BCUT2D eigenvalue weighted by molar-refractivity contribution is -0.0648. The first-order valence-corrected chi connectivity index (χ1v) is 5.67. The monoisotopic (exact) mass is 255 g/mol. The highest BCUT2D eigenvalue weighted by molar-refractivity contribution is 5.85. The summed E-state index contributed by atoms with van der Waals surface area (Å²) in [5.41, 5.74) is 1.33. The van der Waals surface area contributed by atoms with Crippen molar-refractivity contribution in [1.82, 2.24) is 5.32 Å². The SMILES string of the molecule is CO[C@@]1(c2cccc(C=O)c2)CCCCN1.Cl. The number of ether oxygens (including phenoxy) is 1. The van der Waals surface area contributed by atoms with Gasteiger partial charge in [-0.05, 0) is 37.4 Å². The topological polar surface area (TPSA) is 38.3 Å². The molecule has 94 valence electrons. The van der Waals surface area contributed by atoms with E-state index in [0.717, 1.165) is 31.2 Å². The van der Waals surface area contributed by atoms with Crippen molar-refractivity contribution in [3.8, 4) is 0 Å². The van der Waals surface area contributed by atoms with E-state index in [4.69, 9.17) is 4.74 Å². The predicted octanol–water partition coefficient (Wildman–Crippen LogP) is 2.49. The second kappa shape index (κ2) is 6.15. The van der Waals surface area contributed by atoms with Crippen LogP contribution in [0.4, 0.5) is 0 Å². The molecular weight excluding hydrogens is 238 g/mol. The smallest absolute Gasteiger partial charge is 0.150 e. The Morgan fingerprint density at radius 2 is 2.24 bits per heavy atom. The number of aldehydes is 1. The standard InChI is InChI=1S/C13H17NO2.ClH/c1-16-13(7-2-3-8-14-13)12-6-4-5-11(9-12)10-15;/h4-6,9-10,14H,2-3,7-8H2,1H3;1H/t13-;/m1./s1. The Balaban J connectivity index is 0.00000144. The van der Waals surface area contributed by atoms with Gasteiger partial charge in [0.1, 0.15) is 12.0 Å². The van der Waals surface area contributed by atoms with Crippen LogP contribution in [0.2, 0.25) is 0 Å². The molecule has 0 spiro atoms. The van der Waals surface area contributed by atoms with E-state index >= 15 is 0 Å². The van der Waals surface area contributed by atoms with Gasteiger partial charge in [-0.25, -0.2) is 0 Å². The fourth-order valence-corrected chi connectivity index (χ4v) is 2.28. The highest BCUT2D eigenvalue weighted by atomic mass is 35.5. The van der Waals surface area contributed by atoms with Crippen LogP contribution in [0.3, 0.4) is 0 Å². The molecule has 1 aromatic carbocycles. The van der Waals surface area contributed by atoms with Gasteiger partial charge in [-0.2, -0.15) is 0 Å². The first kappa shape index (κ1) is 14.2. The molecule has 17 heavy (non-hydrogen) atoms. The molecule has 0 amide bonds. The Morgan fingerprint density at radius 1 is 1.41 bits per heavy atom. The lowest BCUT2D eigenvalue weighted by atomic mass is 9.92. The van der Waals surface area contributed by atoms with E-state index in [1.165, 1.54) is 6.42 Å². The van der Waals surface area contributed by atoms with E-state index in [-0.39, 0.29) is 12.4 Å². The van der Waals surface area contributed by atoms with Gasteiger partial charge in [-0.3, -0.25) is 10.1 Å². The highest BCUT2D eigenvalue weighted by Gasteiger charge is 2.33. The summed E-state index contributed by atoms with van der Waals surface area (Å²) in [6, 6.07) is 7.61. The van der Waals surface area contributed by atoms with Crippen molar-refractivity contribution >= 4 is 18.7 Å². The normalized spacial score (nSPS) is 23.8. The maximum absolute atomic E-state index is 10.8. The number of carbonyl (C=O) groups is 1. The molecule has 1 heterocycles. The zero-order valence-corrected chi connectivity index (χ0v) is 10.8. The molecule has 0 unspecified atom stereocenters. The van der Waals surface area contributed by atoms with Gasteiger partial charge in [0.2, 0.25) is 0 Å². The number of halogens is 1. The fraction of sp³-hybridized carbons (Fsp3) is 0.462. The Morgan fingerprint density at radius 3 is 2.82 bits per heavy atom. The number of methoxy groups -OCH3 is 1. The van der Waals surface area contributed by atoms with Crippen LogP contribution in [0.5, 0.6) is 0 Å². The third kappa shape index (κ3) is 2.86. The lowest BCUT2D eigenvalue weighted by Crippen LogP contribution is -2.47. The Bertz CT molecular complexity index is 375. The van der Waals surface area contributed by atoms with Crippen LogP contribution in [-0.2, 0) is 10.5 Å². The fourth-order valence-electron chi connectivity index (χ4n) is 2.28. The van der Waals surface area contributed by atoms with E-state index in [1.54, 1.807) is 7.11 Å². The molecule has 2 rings (SSSR count). The van der Waals surface area contributed by atoms with E-state index < -0.39 is 5.72 Å². The molecule has 0 aromatic heterocycles. The highest BCUT2D eigenvalue weighted by Crippen LogP contribution is 2.31. The van der Waals surface area contributed by atoms with Crippen LogP contribution in [0.1, 0.15) is 35.2 Å². The summed E-state index contributed by atoms with van der Waals surface area (Å²) in [5.74, 6) is 0. The second-order valence-electron chi connectivity index (χ2n) is 4.16. The van der Waals surface area contributed by atoms with Gasteiger partial charge in [-0.15, -0.1) is 12.4 Å². The molecule has 1 fully saturated rings. The third-order valence-corrected chi connectivity index (χ3v) is 3.20. The minimum atomic E-state index is -0.405. The lowest BCUT2D eigenvalue weighted by Gasteiger charge is -2.37. The largest absolute Gasteiger partial charge is 0.360 e. The number of hydrogen-bond donors (Lipinski definition) is 1. The van der Waals surface area contributed by atoms with E-state index in [2.05, 4.69) is 5.32 Å². The van der Waals surface area contributed by atoms with Crippen LogP contribution in [0.25, 0.3) is 0 Å². The molecule has 1 N–H and O–H groups in total. The predicted molar refractivity (Wildman–Crippen MR) is 69.6 cm³/mol. The molecule has 1 aromatic rings. The van der Waals surface area contributed by atoms with Crippen LogP contribution < -0.4 is 5.32 Å². The van der Waals surface area contributed by atoms with Gasteiger partial charge >= 0.3 is 0 Å². The average molecular weight is 256 g/mol. The van der Waals surface area contributed by atoms with Gasteiger partial charge in [0.25, 0.3) is 0 Å². The van der Waals surface area contributed by atoms with E-state index in [0.29, 0.717) is 5.56 Å². The van der Waals surface area contributed by atoms with E-state index in [9.17, 15) is 4.79 Å². The van der Waals surface area contributed by atoms with Crippen molar-refractivity contribution in [1.29, 1.82) is 0 Å². The van der Waals surface area contributed by atoms with Crippen molar-refractivity contribution in [2.24, 2.45) is 0 Å². The average Bonchev–Trinajstić information content (AvgIpc) is 2.39. The molecule has 0 aliphatic carbocycles. The summed E-state index contributed by atoms with van der Waals surface area (Å²) in [4.78, 5) is 10.8. The summed E-state index contributed by atoms with van der Waals surface area (Å²) in [6.45, 7) is 0.957. The van der Waals surface area contributed by atoms with Crippen molar-refractivity contribution in [2.75, 3.05) is 13.7 Å². The number of piperidine rings is 1. The molecule has 1 aliphatic rings. The summed E-state index contributed by atoms with van der Waals surface area (Å²) in [7, 11) is 1.71. The molecule has 0 saturated carbocycles. The molecule has 1 atom stereocenters. The minimum Gasteiger partial charge on any atom is -0.360 e. The molecule has 0 radical (unpaired) electrons. The summed E-state index contributed by atoms with van der Waals surface area (Å²) < 4.78 is 5.64. The van der Waals surface area contributed by atoms with Crippen molar-refractivity contribution in [3.63, 3.8) is 0 Å². The minimum absolute atomic E-state index is 0. The van der Waals surface area contributed by atoms with Crippen LogP contribution in [-0.4, -0.2) is 19.9 Å². The van der Waals surface area contributed by atoms with Crippen LogP contribution >= 0.6 is 12.4 Å². The molecule has 1 aliphatic heterocycles. The number of carbonyl (C=O) groups excluding carboxylic acids is 1. The molecule has 4 heteroatoms. The number of benzene rings is 1. The van der Waals surface area contributed by atoms with Crippen molar-refractivity contribution < 1.29 is 9.53 Å². The number of rotatable bonds is 3. The Hall–Kier alpha value is -0.900. The van der Waals surface area contributed by atoms with Crippen molar-refractivity contribution in [3.05, 3.63) is 35.4 Å². The molecule has 1 saturated heterocycles.